The summed E-state index contributed by atoms with van der Waals surface area (Å²) in [5.41, 5.74) is 2.87. The molecule has 3 heterocycles. The summed E-state index contributed by atoms with van der Waals surface area (Å²) in [6.45, 7) is 4.06. The van der Waals surface area contributed by atoms with E-state index in [4.69, 9.17) is 4.42 Å². The quantitative estimate of drug-likeness (QED) is 0.401. The van der Waals surface area contributed by atoms with E-state index in [0.717, 1.165) is 35.6 Å². The van der Waals surface area contributed by atoms with Crippen molar-refractivity contribution >= 4 is 16.8 Å². The maximum atomic E-state index is 14.5. The minimum absolute atomic E-state index is 0.145. The van der Waals surface area contributed by atoms with Gasteiger partial charge in [-0.15, -0.1) is 0 Å². The number of para-hydroxylation sites is 1. The lowest BCUT2D eigenvalue weighted by Crippen LogP contribution is -2.47. The molecule has 1 aliphatic heterocycles. The zero-order valence-electron chi connectivity index (χ0n) is 20.2. The van der Waals surface area contributed by atoms with Crippen LogP contribution in [0.5, 0.6) is 0 Å². The highest BCUT2D eigenvalue weighted by atomic mass is 19.1. The van der Waals surface area contributed by atoms with E-state index < -0.39 is 11.6 Å². The Balaban J connectivity index is 1.31. The van der Waals surface area contributed by atoms with Gasteiger partial charge in [-0.25, -0.2) is 13.8 Å². The molecule has 7 nitrogen and oxygen atoms in total. The number of halogens is 2. The third kappa shape index (κ3) is 5.47. The van der Waals surface area contributed by atoms with Crippen molar-refractivity contribution in [2.45, 2.75) is 19.5 Å². The molecule has 9 heteroatoms. The summed E-state index contributed by atoms with van der Waals surface area (Å²) in [5, 5.41) is 1.14. The molecule has 1 aliphatic rings. The lowest BCUT2D eigenvalue weighted by Gasteiger charge is -2.31. The normalized spacial score (nSPS) is 14.7. The zero-order chi connectivity index (χ0) is 25.1. The van der Waals surface area contributed by atoms with Gasteiger partial charge >= 0.3 is 0 Å². The van der Waals surface area contributed by atoms with Gasteiger partial charge in [0.15, 0.2) is 5.69 Å². The fraction of sp³-hybridized carbons (Fsp3) is 0.333. The van der Waals surface area contributed by atoms with Crippen molar-refractivity contribution in [3.63, 3.8) is 0 Å². The van der Waals surface area contributed by atoms with Crippen molar-refractivity contribution in [3.05, 3.63) is 89.3 Å². The zero-order valence-corrected chi connectivity index (χ0v) is 20.2. The Bertz CT molecular complexity index is 1340. The minimum atomic E-state index is -0.610. The Morgan fingerprint density at radius 3 is 2.69 bits per heavy atom. The number of nitrogens with zero attached hydrogens (tertiary/aromatic N) is 4. The van der Waals surface area contributed by atoms with Crippen LogP contribution in [0.3, 0.4) is 0 Å². The van der Waals surface area contributed by atoms with Gasteiger partial charge in [0.05, 0.1) is 6.54 Å². The summed E-state index contributed by atoms with van der Waals surface area (Å²) < 4.78 is 33.5. The van der Waals surface area contributed by atoms with E-state index in [2.05, 4.69) is 20.9 Å². The number of aromatic amines is 1. The van der Waals surface area contributed by atoms with Gasteiger partial charge < -0.3 is 19.2 Å². The highest BCUT2D eigenvalue weighted by Gasteiger charge is 2.24. The van der Waals surface area contributed by atoms with E-state index >= 15 is 0 Å². The molecule has 0 aliphatic carbocycles. The molecule has 188 valence electrons. The Labute approximate surface area is 208 Å². The number of hydrogen-bond donors (Lipinski definition) is 1. The summed E-state index contributed by atoms with van der Waals surface area (Å²) in [6.07, 6.45) is 4.09. The lowest BCUT2D eigenvalue weighted by atomic mass is 10.1. The van der Waals surface area contributed by atoms with Gasteiger partial charge in [-0.1, -0.05) is 24.3 Å². The van der Waals surface area contributed by atoms with Gasteiger partial charge in [0, 0.05) is 68.0 Å². The third-order valence-electron chi connectivity index (χ3n) is 6.70. The molecule has 2 aromatic carbocycles. The number of rotatable bonds is 8. The monoisotopic (exact) mass is 493 g/mol. The van der Waals surface area contributed by atoms with Crippen LogP contribution in [-0.2, 0) is 19.5 Å². The first kappa shape index (κ1) is 24.1. The van der Waals surface area contributed by atoms with Crippen LogP contribution in [0.25, 0.3) is 10.9 Å². The summed E-state index contributed by atoms with van der Waals surface area (Å²) in [5.74, 6) is -0.964. The summed E-state index contributed by atoms with van der Waals surface area (Å²) in [4.78, 5) is 26.5. The molecule has 0 saturated carbocycles. The van der Waals surface area contributed by atoms with Crippen LogP contribution in [0, 0.1) is 11.6 Å². The first-order valence-electron chi connectivity index (χ1n) is 12.1. The van der Waals surface area contributed by atoms with Crippen molar-refractivity contribution in [2.24, 2.45) is 0 Å². The highest BCUT2D eigenvalue weighted by molar-refractivity contribution is 5.92. The lowest BCUT2D eigenvalue weighted by molar-refractivity contribution is 0.0658. The number of benzene rings is 2. The number of fused-ring (bicyclic) bond motifs is 1. The fourth-order valence-corrected chi connectivity index (χ4v) is 4.57. The Hall–Kier alpha value is -3.56. The number of hydrogen-bond acceptors (Lipinski definition) is 5. The maximum Gasteiger partial charge on any atom is 0.275 e. The fourth-order valence-electron chi connectivity index (χ4n) is 4.57. The average molecular weight is 494 g/mol. The van der Waals surface area contributed by atoms with Crippen LogP contribution in [0.4, 0.5) is 8.78 Å². The van der Waals surface area contributed by atoms with E-state index in [9.17, 15) is 13.6 Å². The van der Waals surface area contributed by atoms with E-state index in [-0.39, 0.29) is 24.7 Å². The predicted molar refractivity (Wildman–Crippen MR) is 132 cm³/mol. The maximum absolute atomic E-state index is 14.5. The number of carbonyl (C=O) groups excluding carboxylic acids is 1. The molecule has 4 aromatic rings. The molecule has 1 saturated heterocycles. The van der Waals surface area contributed by atoms with Gasteiger partial charge in [-0.2, -0.15) is 0 Å². The average Bonchev–Trinajstić information content (AvgIpc) is 3.51. The molecular weight excluding hydrogens is 464 g/mol. The second-order valence-corrected chi connectivity index (χ2v) is 9.28. The molecule has 5 rings (SSSR count). The summed E-state index contributed by atoms with van der Waals surface area (Å²) in [6, 6.07) is 11.7. The molecule has 1 N–H and O–H groups in total. The summed E-state index contributed by atoms with van der Waals surface area (Å²) in [7, 11) is 2.03. The predicted octanol–water partition coefficient (Wildman–Crippen LogP) is 4.07. The van der Waals surface area contributed by atoms with E-state index in [1.54, 1.807) is 4.90 Å². The van der Waals surface area contributed by atoms with Gasteiger partial charge in [0.25, 0.3) is 5.91 Å². The minimum Gasteiger partial charge on any atom is -0.447 e. The van der Waals surface area contributed by atoms with Crippen molar-refractivity contribution in [3.8, 4) is 0 Å². The van der Waals surface area contributed by atoms with Crippen LogP contribution in [0.15, 0.2) is 59.3 Å². The largest absolute Gasteiger partial charge is 0.447 e. The Kier molecular flexibility index (Phi) is 7.11. The van der Waals surface area contributed by atoms with E-state index in [1.165, 1.54) is 18.4 Å². The van der Waals surface area contributed by atoms with Crippen molar-refractivity contribution in [2.75, 3.05) is 39.8 Å². The van der Waals surface area contributed by atoms with Crippen LogP contribution in [0.1, 0.15) is 27.5 Å². The number of nitrogens with one attached hydrogen (secondary N) is 1. The summed E-state index contributed by atoms with van der Waals surface area (Å²) >= 11 is 0. The smallest absolute Gasteiger partial charge is 0.275 e. The van der Waals surface area contributed by atoms with Gasteiger partial charge in [0.1, 0.15) is 17.9 Å². The number of aromatic nitrogens is 2. The van der Waals surface area contributed by atoms with E-state index in [0.29, 0.717) is 37.5 Å². The van der Waals surface area contributed by atoms with Gasteiger partial charge in [0.2, 0.25) is 5.89 Å². The first-order chi connectivity index (χ1) is 17.5. The Morgan fingerprint density at radius 1 is 1.08 bits per heavy atom. The van der Waals surface area contributed by atoms with Gasteiger partial charge in [-0.3, -0.25) is 9.69 Å². The van der Waals surface area contributed by atoms with Crippen LogP contribution >= 0.6 is 0 Å². The molecule has 1 fully saturated rings. The number of likely N-dealkylation sites (N-methyl/N-ethyl adjacent to an activating group) is 1. The van der Waals surface area contributed by atoms with Crippen LogP contribution < -0.4 is 0 Å². The van der Waals surface area contributed by atoms with Crippen molar-refractivity contribution in [1.82, 2.24) is 24.7 Å². The van der Waals surface area contributed by atoms with E-state index in [1.807, 2.05) is 36.3 Å². The third-order valence-corrected chi connectivity index (χ3v) is 6.70. The number of H-pyrrole nitrogens is 1. The Morgan fingerprint density at radius 2 is 1.89 bits per heavy atom. The molecule has 1 amide bonds. The molecule has 0 spiro atoms. The number of amides is 1. The molecule has 2 aromatic heterocycles. The number of carbonyl (C=O) groups is 1. The highest BCUT2D eigenvalue weighted by Crippen LogP contribution is 2.20. The van der Waals surface area contributed by atoms with Crippen molar-refractivity contribution < 1.29 is 18.0 Å². The molecule has 36 heavy (non-hydrogen) atoms. The molecule has 0 unspecified atom stereocenters. The van der Waals surface area contributed by atoms with Crippen LogP contribution in [-0.4, -0.2) is 70.3 Å². The molecule has 0 atom stereocenters. The molecular formula is C27H29F2N5O2. The van der Waals surface area contributed by atoms with Crippen molar-refractivity contribution in [1.29, 1.82) is 0 Å². The van der Waals surface area contributed by atoms with Gasteiger partial charge in [-0.05, 0) is 31.2 Å². The van der Waals surface area contributed by atoms with Crippen LogP contribution in [0.2, 0.25) is 0 Å². The molecule has 0 radical (unpaired) electrons. The topological polar surface area (TPSA) is 68.6 Å². The first-order valence-corrected chi connectivity index (χ1v) is 12.1. The second kappa shape index (κ2) is 10.6. The SMILES string of the molecule is CN1CCN(C(=O)c2coc(CN(CCc3c[nH]c4ccccc34)Cc3ccc(F)cc3F)n2)CC1. The molecule has 0 bridgehead atoms. The number of piperazine rings is 1. The number of oxazole rings is 1. The second-order valence-electron chi connectivity index (χ2n) is 9.28. The standard InChI is InChI=1S/C27H29F2N5O2/c1-32-10-12-34(13-11-32)27(35)25-18-36-26(31-25)17-33(16-20-6-7-21(28)14-23(20)29)9-8-19-15-30-24-5-3-2-4-22(19)24/h2-7,14-15,18,30H,8-13,16-17H2,1H3.